The molecule has 8 heteroatoms. The first-order valence-electron chi connectivity index (χ1n) is 9.47. The Morgan fingerprint density at radius 2 is 1.77 bits per heavy atom. The minimum absolute atomic E-state index is 0.215. The van der Waals surface area contributed by atoms with Crippen molar-refractivity contribution in [1.82, 2.24) is 4.90 Å². The number of aliphatic hydroxyl groups is 1. The smallest absolute Gasteiger partial charge is 0.312 e. The molecule has 0 bridgehead atoms. The summed E-state index contributed by atoms with van der Waals surface area (Å²) in [6, 6.07) is 6.31. The highest BCUT2D eigenvalue weighted by Gasteiger charge is 2.40. The van der Waals surface area contributed by atoms with Crippen LogP contribution in [0.4, 0.5) is 23.2 Å². The highest BCUT2D eigenvalue weighted by atomic mass is 19.3. The lowest BCUT2D eigenvalue weighted by Gasteiger charge is -2.36. The molecule has 0 aromatic heterocycles. The van der Waals surface area contributed by atoms with Gasteiger partial charge in [0.1, 0.15) is 11.6 Å². The maximum atomic E-state index is 15.0. The summed E-state index contributed by atoms with van der Waals surface area (Å²) in [5, 5.41) is 12.0. The molecule has 0 radical (unpaired) electrons. The van der Waals surface area contributed by atoms with Crippen LogP contribution in [-0.4, -0.2) is 35.1 Å². The van der Waals surface area contributed by atoms with E-state index in [9.17, 15) is 18.7 Å². The Labute approximate surface area is 171 Å². The first-order valence-corrected chi connectivity index (χ1v) is 9.47. The van der Waals surface area contributed by atoms with Crippen molar-refractivity contribution < 1.29 is 27.5 Å². The van der Waals surface area contributed by atoms with Gasteiger partial charge in [-0.05, 0) is 61.7 Å². The number of carbonyl (C=O) groups excluding carboxylic acids is 1. The zero-order valence-corrected chi connectivity index (χ0v) is 16.4. The number of nitrogens with zero attached hydrogens (tertiary/aromatic N) is 1. The van der Waals surface area contributed by atoms with Gasteiger partial charge in [-0.25, -0.2) is 8.78 Å². The molecular formula is C22H22F4N2O2. The molecule has 3 rings (SSSR count). The van der Waals surface area contributed by atoms with Crippen LogP contribution in [0, 0.1) is 18.6 Å². The number of halogens is 4. The number of aliphatic hydroxyl groups excluding tert-OH is 1. The van der Waals surface area contributed by atoms with E-state index in [0.29, 0.717) is 12.8 Å². The van der Waals surface area contributed by atoms with Gasteiger partial charge in [0.25, 0.3) is 5.91 Å². The number of alkyl halides is 2. The number of carbonyl (C=O) groups is 1. The monoisotopic (exact) mass is 422 g/mol. The molecule has 160 valence electrons. The summed E-state index contributed by atoms with van der Waals surface area (Å²) >= 11 is 0. The molecule has 0 unspecified atom stereocenters. The Kier molecular flexibility index (Phi) is 6.17. The van der Waals surface area contributed by atoms with E-state index in [0.717, 1.165) is 24.3 Å². The van der Waals surface area contributed by atoms with Crippen LogP contribution in [0.5, 0.6) is 0 Å². The van der Waals surface area contributed by atoms with Gasteiger partial charge < -0.3 is 15.3 Å². The van der Waals surface area contributed by atoms with Gasteiger partial charge in [0.2, 0.25) is 0 Å². The van der Waals surface area contributed by atoms with Crippen molar-refractivity contribution in [2.75, 3.05) is 18.4 Å². The highest BCUT2D eigenvalue weighted by molar-refractivity contribution is 6.04. The fourth-order valence-electron chi connectivity index (χ4n) is 3.32. The number of likely N-dealkylation sites (tertiary alicyclic amines) is 1. The Morgan fingerprint density at radius 3 is 2.40 bits per heavy atom. The lowest BCUT2D eigenvalue weighted by atomic mass is 9.99. The standard InChI is InChI=1S/C22H22F4N2O2/c1-13-11-16(4-6-19(13)23)27-21(30)18-12-15(3-5-20(18)24)22(25,26)14(2)28-9-7-17(29)8-10-28/h3-6,11-12,17,29H,2,7-10H2,1H3,(H,27,30). The van der Waals surface area contributed by atoms with E-state index >= 15 is 8.78 Å². The van der Waals surface area contributed by atoms with E-state index in [1.54, 1.807) is 0 Å². The van der Waals surface area contributed by atoms with Crippen LogP contribution in [0.1, 0.15) is 34.3 Å². The number of rotatable bonds is 5. The van der Waals surface area contributed by atoms with Gasteiger partial charge in [-0.1, -0.05) is 6.58 Å². The lowest BCUT2D eigenvalue weighted by molar-refractivity contribution is -0.00616. The number of aryl methyl sites for hydroxylation is 1. The number of benzene rings is 2. The van der Waals surface area contributed by atoms with E-state index in [1.165, 1.54) is 24.0 Å². The lowest BCUT2D eigenvalue weighted by Crippen LogP contribution is -2.39. The fraction of sp³-hybridized carbons (Fsp3) is 0.318. The van der Waals surface area contributed by atoms with Crippen molar-refractivity contribution in [3.05, 3.63) is 77.0 Å². The van der Waals surface area contributed by atoms with Crippen molar-refractivity contribution >= 4 is 11.6 Å². The maximum Gasteiger partial charge on any atom is 0.312 e. The second-order valence-corrected chi connectivity index (χ2v) is 7.35. The minimum Gasteiger partial charge on any atom is -0.393 e. The molecule has 2 N–H and O–H groups in total. The highest BCUT2D eigenvalue weighted by Crippen LogP contribution is 2.38. The van der Waals surface area contributed by atoms with Gasteiger partial charge in [-0.3, -0.25) is 4.79 Å². The summed E-state index contributed by atoms with van der Waals surface area (Å²) in [6.45, 7) is 5.46. The van der Waals surface area contributed by atoms with E-state index in [1.807, 2.05) is 0 Å². The van der Waals surface area contributed by atoms with Crippen molar-refractivity contribution in [1.29, 1.82) is 0 Å². The zero-order chi connectivity index (χ0) is 22.1. The van der Waals surface area contributed by atoms with Gasteiger partial charge in [-0.2, -0.15) is 8.78 Å². The predicted molar refractivity (Wildman–Crippen MR) is 105 cm³/mol. The molecule has 1 heterocycles. The third-order valence-electron chi connectivity index (χ3n) is 5.20. The summed E-state index contributed by atoms with van der Waals surface area (Å²) in [6.07, 6.45) is 0.172. The van der Waals surface area contributed by atoms with Crippen molar-refractivity contribution in [2.24, 2.45) is 0 Å². The number of allylic oxidation sites excluding steroid dienone is 1. The molecule has 1 saturated heterocycles. The average Bonchev–Trinajstić information content (AvgIpc) is 2.71. The normalized spacial score (nSPS) is 15.2. The van der Waals surface area contributed by atoms with Gasteiger partial charge in [0, 0.05) is 24.3 Å². The Balaban J connectivity index is 1.83. The van der Waals surface area contributed by atoms with Crippen LogP contribution in [0.15, 0.2) is 48.7 Å². The van der Waals surface area contributed by atoms with Crippen LogP contribution in [0.3, 0.4) is 0 Å². The summed E-state index contributed by atoms with van der Waals surface area (Å²) < 4.78 is 57.7. The molecule has 1 amide bonds. The number of hydrogen-bond donors (Lipinski definition) is 2. The topological polar surface area (TPSA) is 52.6 Å². The first kappa shape index (κ1) is 21.8. The SMILES string of the molecule is C=C(N1CCC(O)CC1)C(F)(F)c1ccc(F)c(C(=O)Nc2ccc(F)c(C)c2)c1. The Hall–Kier alpha value is -2.87. The number of amides is 1. The van der Waals surface area contributed by atoms with Crippen molar-refractivity contribution in [3.63, 3.8) is 0 Å². The second kappa shape index (κ2) is 8.47. The third kappa shape index (κ3) is 4.48. The van der Waals surface area contributed by atoms with E-state index < -0.39 is 46.4 Å². The average molecular weight is 422 g/mol. The largest absolute Gasteiger partial charge is 0.393 e. The summed E-state index contributed by atoms with van der Waals surface area (Å²) in [4.78, 5) is 13.9. The number of anilines is 1. The summed E-state index contributed by atoms with van der Waals surface area (Å²) in [5.74, 6) is -5.89. The van der Waals surface area contributed by atoms with Crippen LogP contribution in [0.2, 0.25) is 0 Å². The van der Waals surface area contributed by atoms with Crippen LogP contribution < -0.4 is 5.32 Å². The molecule has 4 nitrogen and oxygen atoms in total. The first-order chi connectivity index (χ1) is 14.1. The Morgan fingerprint density at radius 1 is 1.13 bits per heavy atom. The molecular weight excluding hydrogens is 400 g/mol. The molecule has 0 atom stereocenters. The molecule has 1 aliphatic rings. The van der Waals surface area contributed by atoms with Gasteiger partial charge in [-0.15, -0.1) is 0 Å². The van der Waals surface area contributed by atoms with Gasteiger partial charge in [0.15, 0.2) is 0 Å². The van der Waals surface area contributed by atoms with E-state index in [4.69, 9.17) is 0 Å². The van der Waals surface area contributed by atoms with Crippen molar-refractivity contribution in [2.45, 2.75) is 31.8 Å². The number of hydrogen-bond acceptors (Lipinski definition) is 3. The summed E-state index contributed by atoms with van der Waals surface area (Å²) in [5.41, 5.74) is -1.11. The predicted octanol–water partition coefficient (Wildman–Crippen LogP) is 4.59. The van der Waals surface area contributed by atoms with Gasteiger partial charge in [0.05, 0.1) is 17.4 Å². The molecule has 1 aliphatic heterocycles. The van der Waals surface area contributed by atoms with Crippen LogP contribution in [-0.2, 0) is 5.92 Å². The second-order valence-electron chi connectivity index (χ2n) is 7.35. The molecule has 2 aromatic rings. The molecule has 2 aromatic carbocycles. The maximum absolute atomic E-state index is 15.0. The van der Waals surface area contributed by atoms with Gasteiger partial charge >= 0.3 is 5.92 Å². The quantitative estimate of drug-likeness (QED) is 0.694. The fourth-order valence-corrected chi connectivity index (χ4v) is 3.32. The Bertz CT molecular complexity index is 970. The zero-order valence-electron chi connectivity index (χ0n) is 16.4. The van der Waals surface area contributed by atoms with Crippen LogP contribution in [0.25, 0.3) is 0 Å². The molecule has 30 heavy (non-hydrogen) atoms. The van der Waals surface area contributed by atoms with E-state index in [-0.39, 0.29) is 24.3 Å². The molecule has 0 aliphatic carbocycles. The minimum atomic E-state index is -3.53. The van der Waals surface area contributed by atoms with Crippen LogP contribution >= 0.6 is 0 Å². The third-order valence-corrected chi connectivity index (χ3v) is 5.20. The molecule has 1 fully saturated rings. The molecule has 0 spiro atoms. The summed E-state index contributed by atoms with van der Waals surface area (Å²) in [7, 11) is 0. The number of piperidine rings is 1. The van der Waals surface area contributed by atoms with Crippen molar-refractivity contribution in [3.8, 4) is 0 Å². The number of nitrogens with one attached hydrogen (secondary N) is 1. The van der Waals surface area contributed by atoms with E-state index in [2.05, 4.69) is 11.9 Å². The molecule has 0 saturated carbocycles.